The Hall–Kier alpha value is -1.68. The van der Waals surface area contributed by atoms with Crippen molar-refractivity contribution in [2.24, 2.45) is 5.73 Å². The highest BCUT2D eigenvalue weighted by Crippen LogP contribution is 2.24. The number of ether oxygens (including phenoxy) is 1. The van der Waals surface area contributed by atoms with Crippen molar-refractivity contribution >= 4 is 0 Å². The van der Waals surface area contributed by atoms with Crippen molar-refractivity contribution in [2.45, 2.75) is 6.04 Å². The van der Waals surface area contributed by atoms with Crippen molar-refractivity contribution in [1.29, 1.82) is 0 Å². The quantitative estimate of drug-likeness (QED) is 0.705. The molecule has 2 rings (SSSR count). The van der Waals surface area contributed by atoms with Crippen LogP contribution in [0.5, 0.6) is 0 Å². The van der Waals surface area contributed by atoms with Crippen LogP contribution < -0.4 is 11.1 Å². The molecule has 0 aromatic heterocycles. The molecular formula is C13H19N3O. The number of nitrogens with two attached hydrogens (primary N) is 1. The first-order valence-electron chi connectivity index (χ1n) is 5.82. The third-order valence-electron chi connectivity index (χ3n) is 3.07. The van der Waals surface area contributed by atoms with Gasteiger partial charge in [0.15, 0.2) is 0 Å². The number of nitrogens with zero attached hydrogens (tertiary/aromatic N) is 1. The number of allylic oxidation sites excluding steroid dienone is 3. The molecule has 1 saturated heterocycles. The minimum atomic E-state index is 0.388. The zero-order valence-corrected chi connectivity index (χ0v) is 9.98. The van der Waals surface area contributed by atoms with E-state index >= 15 is 0 Å². The Labute approximate surface area is 102 Å². The largest absolute Gasteiger partial charge is 0.489 e. The molecule has 0 aromatic carbocycles. The van der Waals surface area contributed by atoms with Crippen molar-refractivity contribution in [2.75, 3.05) is 26.2 Å². The summed E-state index contributed by atoms with van der Waals surface area (Å²) < 4.78 is 5.75. The van der Waals surface area contributed by atoms with E-state index in [1.165, 1.54) is 0 Å². The first kappa shape index (κ1) is 11.8. The fourth-order valence-electron chi connectivity index (χ4n) is 2.17. The Morgan fingerprint density at radius 1 is 1.53 bits per heavy atom. The summed E-state index contributed by atoms with van der Waals surface area (Å²) >= 11 is 0. The summed E-state index contributed by atoms with van der Waals surface area (Å²) in [6.45, 7) is 11.1. The van der Waals surface area contributed by atoms with Gasteiger partial charge in [0.05, 0.1) is 11.7 Å². The van der Waals surface area contributed by atoms with Crippen LogP contribution in [0.25, 0.3) is 0 Å². The predicted molar refractivity (Wildman–Crippen MR) is 69.0 cm³/mol. The van der Waals surface area contributed by atoms with Crippen molar-refractivity contribution in [3.63, 3.8) is 0 Å². The molecule has 0 spiro atoms. The summed E-state index contributed by atoms with van der Waals surface area (Å²) in [6.07, 6.45) is 5.25. The van der Waals surface area contributed by atoms with Crippen LogP contribution in [-0.2, 0) is 4.74 Å². The molecule has 17 heavy (non-hydrogen) atoms. The van der Waals surface area contributed by atoms with Crippen LogP contribution in [0, 0.1) is 0 Å². The maximum atomic E-state index is 5.75. The lowest BCUT2D eigenvalue weighted by molar-refractivity contribution is 0.0721. The molecule has 92 valence electrons. The van der Waals surface area contributed by atoms with Gasteiger partial charge in [-0.2, -0.15) is 0 Å². The average Bonchev–Trinajstić information content (AvgIpc) is 2.38. The van der Waals surface area contributed by atoms with E-state index in [0.717, 1.165) is 31.1 Å². The van der Waals surface area contributed by atoms with Crippen LogP contribution in [-0.4, -0.2) is 37.2 Å². The summed E-state index contributed by atoms with van der Waals surface area (Å²) in [6, 6.07) is 0.388. The van der Waals surface area contributed by atoms with E-state index in [1.54, 1.807) is 6.08 Å². The minimum Gasteiger partial charge on any atom is -0.489 e. The molecule has 0 bridgehead atoms. The van der Waals surface area contributed by atoms with Crippen molar-refractivity contribution < 1.29 is 4.74 Å². The standard InChI is InChI=1S/C13H19N3O/c1-3-10(14)7-13-12(4-2)16-6-5-15-8-11(16)9-17-13/h3-4,7,11,15H,1-2,5-6,8-9,14H2/b10-7+. The van der Waals surface area contributed by atoms with Gasteiger partial charge in [0.2, 0.25) is 0 Å². The molecule has 1 unspecified atom stereocenters. The van der Waals surface area contributed by atoms with Gasteiger partial charge in [-0.1, -0.05) is 13.2 Å². The molecule has 0 radical (unpaired) electrons. The fourth-order valence-corrected chi connectivity index (χ4v) is 2.17. The highest BCUT2D eigenvalue weighted by Gasteiger charge is 2.29. The lowest BCUT2D eigenvalue weighted by Crippen LogP contribution is -2.54. The van der Waals surface area contributed by atoms with Crippen molar-refractivity contribution in [3.05, 3.63) is 48.5 Å². The van der Waals surface area contributed by atoms with Crippen LogP contribution in [0.3, 0.4) is 0 Å². The zero-order valence-electron chi connectivity index (χ0n) is 9.98. The van der Waals surface area contributed by atoms with Crippen LogP contribution in [0.4, 0.5) is 0 Å². The molecule has 1 fully saturated rings. The number of fused-ring (bicyclic) bond motifs is 1. The molecule has 0 aromatic rings. The Kier molecular flexibility index (Phi) is 3.54. The topological polar surface area (TPSA) is 50.5 Å². The monoisotopic (exact) mass is 233 g/mol. The summed E-state index contributed by atoms with van der Waals surface area (Å²) in [7, 11) is 0. The molecule has 0 saturated carbocycles. The fraction of sp³-hybridized carbons (Fsp3) is 0.385. The first-order chi connectivity index (χ1) is 8.26. The maximum absolute atomic E-state index is 5.75. The highest BCUT2D eigenvalue weighted by molar-refractivity contribution is 5.33. The van der Waals surface area contributed by atoms with Crippen LogP contribution >= 0.6 is 0 Å². The Morgan fingerprint density at radius 2 is 2.35 bits per heavy atom. The Bertz CT molecular complexity index is 384. The number of hydrogen-bond acceptors (Lipinski definition) is 4. The molecule has 1 atom stereocenters. The number of rotatable bonds is 3. The second-order valence-corrected chi connectivity index (χ2v) is 4.16. The lowest BCUT2D eigenvalue weighted by atomic mass is 10.1. The molecule has 3 N–H and O–H groups in total. The van der Waals surface area contributed by atoms with Gasteiger partial charge in [-0.05, 0) is 12.2 Å². The first-order valence-corrected chi connectivity index (χ1v) is 5.82. The second kappa shape index (κ2) is 5.10. The van der Waals surface area contributed by atoms with Gasteiger partial charge in [-0.15, -0.1) is 0 Å². The molecule has 2 aliphatic heterocycles. The van der Waals surface area contributed by atoms with Gasteiger partial charge in [0, 0.05) is 31.4 Å². The van der Waals surface area contributed by atoms with Crippen molar-refractivity contribution in [1.82, 2.24) is 10.2 Å². The van der Waals surface area contributed by atoms with Gasteiger partial charge in [-0.25, -0.2) is 0 Å². The number of nitrogens with one attached hydrogen (secondary N) is 1. The summed E-state index contributed by atoms with van der Waals surface area (Å²) in [5.74, 6) is 0.788. The van der Waals surface area contributed by atoms with Gasteiger partial charge in [0.1, 0.15) is 12.4 Å². The third kappa shape index (κ3) is 2.36. The molecule has 4 nitrogen and oxygen atoms in total. The molecule has 0 amide bonds. The summed E-state index contributed by atoms with van der Waals surface area (Å²) in [5.41, 5.74) is 7.38. The van der Waals surface area contributed by atoms with Crippen LogP contribution in [0.15, 0.2) is 48.5 Å². The van der Waals surface area contributed by atoms with Gasteiger partial charge in [-0.3, -0.25) is 0 Å². The van der Waals surface area contributed by atoms with E-state index in [1.807, 2.05) is 12.2 Å². The van der Waals surface area contributed by atoms with E-state index in [0.29, 0.717) is 18.3 Å². The molecule has 2 heterocycles. The number of hydrogen-bond donors (Lipinski definition) is 2. The van der Waals surface area contributed by atoms with E-state index in [4.69, 9.17) is 10.5 Å². The average molecular weight is 233 g/mol. The highest BCUT2D eigenvalue weighted by atomic mass is 16.5. The van der Waals surface area contributed by atoms with Crippen LogP contribution in [0.2, 0.25) is 0 Å². The SMILES string of the molecule is C=CC1=C(/C=C(/N)C=C)OCC2CNCCN12. The predicted octanol–water partition coefficient (Wildman–Crippen LogP) is 0.717. The minimum absolute atomic E-state index is 0.388. The normalized spacial score (nSPS) is 25.1. The van der Waals surface area contributed by atoms with Gasteiger partial charge < -0.3 is 20.7 Å². The lowest BCUT2D eigenvalue weighted by Gasteiger charge is -2.42. The van der Waals surface area contributed by atoms with E-state index in [-0.39, 0.29) is 0 Å². The van der Waals surface area contributed by atoms with E-state index in [9.17, 15) is 0 Å². The van der Waals surface area contributed by atoms with Gasteiger partial charge >= 0.3 is 0 Å². The summed E-state index contributed by atoms with van der Waals surface area (Å²) in [5, 5.41) is 3.36. The summed E-state index contributed by atoms with van der Waals surface area (Å²) in [4.78, 5) is 2.33. The number of piperazine rings is 1. The smallest absolute Gasteiger partial charge is 0.144 e. The molecule has 4 heteroatoms. The van der Waals surface area contributed by atoms with E-state index < -0.39 is 0 Å². The molecule has 0 aliphatic carbocycles. The second-order valence-electron chi connectivity index (χ2n) is 4.16. The Balaban J connectivity index is 2.31. The maximum Gasteiger partial charge on any atom is 0.144 e. The van der Waals surface area contributed by atoms with Crippen molar-refractivity contribution in [3.8, 4) is 0 Å². The third-order valence-corrected chi connectivity index (χ3v) is 3.07. The molecule has 2 aliphatic rings. The van der Waals surface area contributed by atoms with E-state index in [2.05, 4.69) is 23.4 Å². The zero-order chi connectivity index (χ0) is 12.3. The van der Waals surface area contributed by atoms with Gasteiger partial charge in [0.25, 0.3) is 0 Å². The molecular weight excluding hydrogens is 214 g/mol. The van der Waals surface area contributed by atoms with Crippen LogP contribution in [0.1, 0.15) is 0 Å². The Morgan fingerprint density at radius 3 is 3.06 bits per heavy atom.